The van der Waals surface area contributed by atoms with Crippen molar-refractivity contribution in [2.75, 3.05) is 13.6 Å². The molecule has 0 radical (unpaired) electrons. The Balaban J connectivity index is 1.50. The average Bonchev–Trinajstić information content (AvgIpc) is 3.22. The van der Waals surface area contributed by atoms with E-state index in [0.717, 1.165) is 36.1 Å². The van der Waals surface area contributed by atoms with Gasteiger partial charge in [-0.2, -0.15) is 0 Å². The summed E-state index contributed by atoms with van der Waals surface area (Å²) in [5, 5.41) is 0. The molecular weight excluding hydrogens is 306 g/mol. The lowest BCUT2D eigenvalue weighted by molar-refractivity contribution is 0.173. The van der Waals surface area contributed by atoms with Gasteiger partial charge in [-0.05, 0) is 49.2 Å². The standard InChI is InChI=1S/C19H21NO4/c1-13(2)20(9-14-3-5-16-18(7-14)23-11-21-16)10-15-4-6-17-19(8-15)24-12-22-17/h3-8,13H,9-12H2,1-2H3. The Kier molecular flexibility index (Phi) is 3.94. The molecule has 5 nitrogen and oxygen atoms in total. The van der Waals surface area contributed by atoms with Gasteiger partial charge >= 0.3 is 0 Å². The summed E-state index contributed by atoms with van der Waals surface area (Å²) in [5.41, 5.74) is 2.43. The smallest absolute Gasteiger partial charge is 0.231 e. The third-order valence-corrected chi connectivity index (χ3v) is 4.38. The van der Waals surface area contributed by atoms with Crippen LogP contribution in [0.3, 0.4) is 0 Å². The maximum Gasteiger partial charge on any atom is 0.231 e. The van der Waals surface area contributed by atoms with Gasteiger partial charge in [0.15, 0.2) is 23.0 Å². The minimum absolute atomic E-state index is 0.309. The van der Waals surface area contributed by atoms with Crippen LogP contribution in [0.2, 0.25) is 0 Å². The molecule has 0 aliphatic carbocycles. The summed E-state index contributed by atoms with van der Waals surface area (Å²) in [6.07, 6.45) is 0. The van der Waals surface area contributed by atoms with Crippen molar-refractivity contribution in [2.45, 2.75) is 33.0 Å². The van der Waals surface area contributed by atoms with E-state index in [9.17, 15) is 0 Å². The van der Waals surface area contributed by atoms with Gasteiger partial charge in [0.2, 0.25) is 13.6 Å². The third kappa shape index (κ3) is 2.99. The Morgan fingerprint density at radius 2 is 1.21 bits per heavy atom. The largest absolute Gasteiger partial charge is 0.454 e. The summed E-state index contributed by atoms with van der Waals surface area (Å²) >= 11 is 0. The van der Waals surface area contributed by atoms with Crippen molar-refractivity contribution in [1.82, 2.24) is 4.90 Å². The van der Waals surface area contributed by atoms with Crippen LogP contribution in [0.25, 0.3) is 0 Å². The first-order valence-corrected chi connectivity index (χ1v) is 8.20. The zero-order valence-electron chi connectivity index (χ0n) is 14.0. The van der Waals surface area contributed by atoms with Crippen LogP contribution in [-0.4, -0.2) is 24.5 Å². The molecule has 0 aromatic heterocycles. The van der Waals surface area contributed by atoms with E-state index in [1.807, 2.05) is 12.1 Å². The Labute approximate surface area is 141 Å². The summed E-state index contributed by atoms with van der Waals surface area (Å²) in [4.78, 5) is 2.41. The van der Waals surface area contributed by atoms with Crippen molar-refractivity contribution in [1.29, 1.82) is 0 Å². The number of hydrogen-bond acceptors (Lipinski definition) is 5. The lowest BCUT2D eigenvalue weighted by Gasteiger charge is -2.27. The summed E-state index contributed by atoms with van der Waals surface area (Å²) < 4.78 is 21.7. The van der Waals surface area contributed by atoms with E-state index in [1.165, 1.54) is 11.1 Å². The first kappa shape index (κ1) is 15.1. The lowest BCUT2D eigenvalue weighted by Crippen LogP contribution is -2.29. The van der Waals surface area contributed by atoms with Gasteiger partial charge in [-0.15, -0.1) is 0 Å². The van der Waals surface area contributed by atoms with Crippen LogP contribution in [0.15, 0.2) is 36.4 Å². The predicted octanol–water partition coefficient (Wildman–Crippen LogP) is 3.55. The molecule has 0 N–H and O–H groups in total. The Hall–Kier alpha value is -2.40. The minimum atomic E-state index is 0.309. The average molecular weight is 327 g/mol. The fourth-order valence-electron chi connectivity index (χ4n) is 2.97. The molecule has 2 aliphatic heterocycles. The van der Waals surface area contributed by atoms with Gasteiger partial charge in [-0.25, -0.2) is 0 Å². The number of ether oxygens (including phenoxy) is 4. The molecule has 2 heterocycles. The molecular formula is C19H21NO4. The SMILES string of the molecule is CC(C)N(Cc1ccc2c(c1)OCO2)Cc1ccc2c(c1)OCO2. The van der Waals surface area contributed by atoms with Gasteiger partial charge in [-0.1, -0.05) is 12.1 Å². The van der Waals surface area contributed by atoms with Crippen LogP contribution in [-0.2, 0) is 13.1 Å². The first-order chi connectivity index (χ1) is 11.7. The Morgan fingerprint density at radius 3 is 1.67 bits per heavy atom. The summed E-state index contributed by atoms with van der Waals surface area (Å²) in [7, 11) is 0. The van der Waals surface area contributed by atoms with Crippen LogP contribution in [0, 0.1) is 0 Å². The van der Waals surface area contributed by atoms with E-state index >= 15 is 0 Å². The van der Waals surface area contributed by atoms with Crippen LogP contribution in [0.4, 0.5) is 0 Å². The predicted molar refractivity (Wildman–Crippen MR) is 89.5 cm³/mol. The van der Waals surface area contributed by atoms with E-state index in [-0.39, 0.29) is 0 Å². The molecule has 5 heteroatoms. The summed E-state index contributed by atoms with van der Waals surface area (Å²) in [6.45, 7) is 6.74. The van der Waals surface area contributed by atoms with Crippen LogP contribution < -0.4 is 18.9 Å². The van der Waals surface area contributed by atoms with E-state index in [1.54, 1.807) is 0 Å². The van der Waals surface area contributed by atoms with Crippen molar-refractivity contribution in [3.63, 3.8) is 0 Å². The third-order valence-electron chi connectivity index (χ3n) is 4.38. The highest BCUT2D eigenvalue weighted by Gasteiger charge is 2.18. The Bertz CT molecular complexity index is 685. The molecule has 0 fully saturated rings. The molecule has 0 spiro atoms. The zero-order chi connectivity index (χ0) is 16.5. The van der Waals surface area contributed by atoms with Gasteiger partial charge in [0.25, 0.3) is 0 Å². The van der Waals surface area contributed by atoms with Crippen molar-refractivity contribution in [2.24, 2.45) is 0 Å². The number of fused-ring (bicyclic) bond motifs is 2. The second-order valence-electron chi connectivity index (χ2n) is 6.37. The fraction of sp³-hybridized carbons (Fsp3) is 0.368. The minimum Gasteiger partial charge on any atom is -0.454 e. The molecule has 2 aromatic carbocycles. The van der Waals surface area contributed by atoms with Crippen molar-refractivity contribution >= 4 is 0 Å². The fourth-order valence-corrected chi connectivity index (χ4v) is 2.97. The molecule has 2 aliphatic rings. The Morgan fingerprint density at radius 1 is 0.750 bits per heavy atom. The van der Waals surface area contributed by atoms with Crippen molar-refractivity contribution in [3.8, 4) is 23.0 Å². The molecule has 0 bridgehead atoms. The van der Waals surface area contributed by atoms with E-state index in [4.69, 9.17) is 18.9 Å². The molecule has 126 valence electrons. The molecule has 0 saturated heterocycles. The van der Waals surface area contributed by atoms with E-state index in [2.05, 4.69) is 43.0 Å². The topological polar surface area (TPSA) is 40.2 Å². The number of hydrogen-bond donors (Lipinski definition) is 0. The zero-order valence-corrected chi connectivity index (χ0v) is 14.0. The number of rotatable bonds is 5. The molecule has 4 rings (SSSR count). The highest BCUT2D eigenvalue weighted by atomic mass is 16.7. The van der Waals surface area contributed by atoms with Gasteiger partial charge < -0.3 is 18.9 Å². The van der Waals surface area contributed by atoms with Crippen molar-refractivity contribution < 1.29 is 18.9 Å². The van der Waals surface area contributed by atoms with Gasteiger partial charge in [0.1, 0.15) is 0 Å². The quantitative estimate of drug-likeness (QED) is 0.840. The second kappa shape index (κ2) is 6.24. The summed E-state index contributed by atoms with van der Waals surface area (Å²) in [5.74, 6) is 3.31. The van der Waals surface area contributed by atoms with Gasteiger partial charge in [-0.3, -0.25) is 4.90 Å². The monoisotopic (exact) mass is 327 g/mol. The number of nitrogens with zero attached hydrogens (tertiary/aromatic N) is 1. The molecule has 0 unspecified atom stereocenters. The van der Waals surface area contributed by atoms with Crippen molar-refractivity contribution in [3.05, 3.63) is 47.5 Å². The van der Waals surface area contributed by atoms with Crippen LogP contribution in [0.5, 0.6) is 23.0 Å². The van der Waals surface area contributed by atoms with Gasteiger partial charge in [0.05, 0.1) is 0 Å². The maximum atomic E-state index is 5.48. The molecule has 2 aromatic rings. The molecule has 0 atom stereocenters. The van der Waals surface area contributed by atoms with Crippen LogP contribution in [0.1, 0.15) is 25.0 Å². The normalized spacial score (nSPS) is 14.7. The van der Waals surface area contributed by atoms with E-state index in [0.29, 0.717) is 19.6 Å². The lowest BCUT2D eigenvalue weighted by atomic mass is 10.1. The highest BCUT2D eigenvalue weighted by Crippen LogP contribution is 2.34. The van der Waals surface area contributed by atoms with E-state index < -0.39 is 0 Å². The highest BCUT2D eigenvalue weighted by molar-refractivity contribution is 5.45. The van der Waals surface area contributed by atoms with Gasteiger partial charge in [0, 0.05) is 19.1 Å². The second-order valence-corrected chi connectivity index (χ2v) is 6.37. The number of benzene rings is 2. The summed E-state index contributed by atoms with van der Waals surface area (Å²) in [6, 6.07) is 12.7. The molecule has 0 amide bonds. The molecule has 0 saturated carbocycles. The molecule has 24 heavy (non-hydrogen) atoms. The first-order valence-electron chi connectivity index (χ1n) is 8.20. The van der Waals surface area contributed by atoms with Crippen LogP contribution >= 0.6 is 0 Å². The maximum absolute atomic E-state index is 5.48.